The lowest BCUT2D eigenvalue weighted by atomic mass is 10.3. The summed E-state index contributed by atoms with van der Waals surface area (Å²) in [5.41, 5.74) is 0.931. The second kappa shape index (κ2) is 3.14. The molecule has 0 amide bonds. The van der Waals surface area contributed by atoms with Crippen LogP contribution in [0.3, 0.4) is 0 Å². The van der Waals surface area contributed by atoms with E-state index in [0.29, 0.717) is 0 Å². The van der Waals surface area contributed by atoms with E-state index in [-0.39, 0.29) is 5.78 Å². The zero-order valence-corrected chi connectivity index (χ0v) is 6.61. The fourth-order valence-electron chi connectivity index (χ4n) is 0.750. The first-order valence-corrected chi connectivity index (χ1v) is 3.37. The van der Waals surface area contributed by atoms with E-state index < -0.39 is 0 Å². The Hall–Kier alpha value is -1.38. The lowest BCUT2D eigenvalue weighted by molar-refractivity contribution is -0.112. The van der Waals surface area contributed by atoms with Crippen LogP contribution >= 0.6 is 0 Å². The van der Waals surface area contributed by atoms with Crippen LogP contribution in [0, 0.1) is 0 Å². The molecule has 0 saturated carbocycles. The Morgan fingerprint density at radius 1 is 1.73 bits per heavy atom. The molecule has 0 aliphatic rings. The van der Waals surface area contributed by atoms with E-state index in [1.54, 1.807) is 17.0 Å². The van der Waals surface area contributed by atoms with Gasteiger partial charge in [-0.15, -0.1) is 0 Å². The molecule has 3 heteroatoms. The summed E-state index contributed by atoms with van der Waals surface area (Å²) in [4.78, 5) is 10.5. The highest BCUT2D eigenvalue weighted by Crippen LogP contribution is 1.98. The van der Waals surface area contributed by atoms with Crippen LogP contribution in [0.15, 0.2) is 18.3 Å². The Labute approximate surface area is 65.3 Å². The number of carbonyl (C=O) groups is 1. The van der Waals surface area contributed by atoms with Gasteiger partial charge in [-0.05, 0) is 25.1 Å². The molecule has 0 aliphatic heterocycles. The molecule has 0 fully saturated rings. The van der Waals surface area contributed by atoms with Gasteiger partial charge in [0, 0.05) is 13.2 Å². The number of hydrogen-bond donors (Lipinski definition) is 0. The quantitative estimate of drug-likeness (QED) is 0.590. The van der Waals surface area contributed by atoms with Gasteiger partial charge >= 0.3 is 0 Å². The Morgan fingerprint density at radius 2 is 2.45 bits per heavy atom. The van der Waals surface area contributed by atoms with Crippen LogP contribution in [0.25, 0.3) is 6.08 Å². The Morgan fingerprint density at radius 3 is 2.91 bits per heavy atom. The van der Waals surface area contributed by atoms with Crippen molar-refractivity contribution in [1.82, 2.24) is 9.78 Å². The second-order valence-corrected chi connectivity index (χ2v) is 2.32. The highest BCUT2D eigenvalue weighted by atomic mass is 16.1. The highest BCUT2D eigenvalue weighted by molar-refractivity contribution is 5.91. The summed E-state index contributed by atoms with van der Waals surface area (Å²) in [6.45, 7) is 1.52. The average Bonchev–Trinajstić information content (AvgIpc) is 2.31. The van der Waals surface area contributed by atoms with E-state index in [9.17, 15) is 4.79 Å². The van der Waals surface area contributed by atoms with Crippen LogP contribution < -0.4 is 0 Å². The Bertz CT molecular complexity index is 286. The average molecular weight is 150 g/mol. The highest BCUT2D eigenvalue weighted by Gasteiger charge is 1.91. The third kappa shape index (κ3) is 2.04. The number of nitrogens with zero attached hydrogens (tertiary/aromatic N) is 2. The molecule has 3 nitrogen and oxygen atoms in total. The van der Waals surface area contributed by atoms with E-state index in [1.807, 2.05) is 13.1 Å². The van der Waals surface area contributed by atoms with Gasteiger partial charge in [-0.25, -0.2) is 0 Å². The molecule has 0 spiro atoms. The van der Waals surface area contributed by atoms with E-state index in [1.165, 1.54) is 13.0 Å². The molecular weight excluding hydrogens is 140 g/mol. The summed E-state index contributed by atoms with van der Waals surface area (Å²) in [6, 6.07) is 1.85. The maximum absolute atomic E-state index is 10.5. The zero-order valence-electron chi connectivity index (χ0n) is 6.61. The van der Waals surface area contributed by atoms with Crippen molar-refractivity contribution < 1.29 is 4.79 Å². The monoisotopic (exact) mass is 150 g/mol. The lowest BCUT2D eigenvalue weighted by Gasteiger charge is -1.91. The predicted octanol–water partition coefficient (Wildman–Crippen LogP) is 1.02. The Kier molecular flexibility index (Phi) is 2.21. The first kappa shape index (κ1) is 7.72. The standard InChI is InChI=1S/C8H10N2O/c1-7(11)3-4-8-5-6-9-10(8)2/h3-6H,1-2H3. The largest absolute Gasteiger partial charge is 0.295 e. The SMILES string of the molecule is CC(=O)C=Cc1ccnn1C. The van der Waals surface area contributed by atoms with Crippen LogP contribution in [0.2, 0.25) is 0 Å². The van der Waals surface area contributed by atoms with Gasteiger partial charge in [-0.2, -0.15) is 5.10 Å². The normalized spacial score (nSPS) is 10.7. The maximum atomic E-state index is 10.5. The summed E-state index contributed by atoms with van der Waals surface area (Å²) in [5.74, 6) is 0.0474. The lowest BCUT2D eigenvalue weighted by Crippen LogP contribution is -1.92. The topological polar surface area (TPSA) is 34.9 Å². The van der Waals surface area contributed by atoms with Gasteiger partial charge in [-0.3, -0.25) is 9.48 Å². The van der Waals surface area contributed by atoms with Gasteiger partial charge < -0.3 is 0 Å². The molecule has 1 aromatic heterocycles. The molecular formula is C8H10N2O. The number of carbonyl (C=O) groups excluding carboxylic acids is 1. The number of aryl methyl sites for hydroxylation is 1. The van der Waals surface area contributed by atoms with Gasteiger partial charge in [-0.1, -0.05) is 0 Å². The molecule has 0 saturated heterocycles. The molecule has 0 N–H and O–H groups in total. The summed E-state index contributed by atoms with van der Waals surface area (Å²) < 4.78 is 1.71. The maximum Gasteiger partial charge on any atom is 0.152 e. The Balaban J connectivity index is 2.79. The summed E-state index contributed by atoms with van der Waals surface area (Å²) in [6.07, 6.45) is 4.96. The van der Waals surface area contributed by atoms with Gasteiger partial charge in [0.25, 0.3) is 0 Å². The minimum Gasteiger partial charge on any atom is -0.295 e. The van der Waals surface area contributed by atoms with Crippen LogP contribution in [-0.4, -0.2) is 15.6 Å². The molecule has 0 aromatic carbocycles. The number of rotatable bonds is 2. The molecule has 0 radical (unpaired) electrons. The molecule has 1 heterocycles. The molecule has 11 heavy (non-hydrogen) atoms. The van der Waals surface area contributed by atoms with E-state index in [0.717, 1.165) is 5.69 Å². The van der Waals surface area contributed by atoms with E-state index in [2.05, 4.69) is 5.10 Å². The van der Waals surface area contributed by atoms with Crippen molar-refractivity contribution in [3.63, 3.8) is 0 Å². The smallest absolute Gasteiger partial charge is 0.152 e. The van der Waals surface area contributed by atoms with Crippen molar-refractivity contribution >= 4 is 11.9 Å². The number of allylic oxidation sites excluding steroid dienone is 1. The summed E-state index contributed by atoms with van der Waals surface area (Å²) >= 11 is 0. The number of aromatic nitrogens is 2. The predicted molar refractivity (Wildman–Crippen MR) is 42.9 cm³/mol. The molecule has 58 valence electrons. The number of ketones is 1. The van der Waals surface area contributed by atoms with Gasteiger partial charge in [0.05, 0.1) is 5.69 Å². The third-order valence-electron chi connectivity index (χ3n) is 1.35. The minimum absolute atomic E-state index is 0.0474. The van der Waals surface area contributed by atoms with Crippen molar-refractivity contribution in [1.29, 1.82) is 0 Å². The fraction of sp³-hybridized carbons (Fsp3) is 0.250. The summed E-state index contributed by atoms with van der Waals surface area (Å²) in [7, 11) is 1.83. The van der Waals surface area contributed by atoms with Crippen LogP contribution in [0.5, 0.6) is 0 Å². The van der Waals surface area contributed by atoms with Crippen molar-refractivity contribution in [2.45, 2.75) is 6.92 Å². The van der Waals surface area contributed by atoms with Crippen LogP contribution in [-0.2, 0) is 11.8 Å². The van der Waals surface area contributed by atoms with Crippen LogP contribution in [0.1, 0.15) is 12.6 Å². The molecule has 1 aromatic rings. The molecule has 0 aliphatic carbocycles. The van der Waals surface area contributed by atoms with Gasteiger partial charge in [0.2, 0.25) is 0 Å². The third-order valence-corrected chi connectivity index (χ3v) is 1.35. The second-order valence-electron chi connectivity index (χ2n) is 2.32. The summed E-state index contributed by atoms with van der Waals surface area (Å²) in [5, 5.41) is 3.95. The minimum atomic E-state index is 0.0474. The van der Waals surface area contributed by atoms with Crippen molar-refractivity contribution in [3.8, 4) is 0 Å². The van der Waals surface area contributed by atoms with Crippen LogP contribution in [0.4, 0.5) is 0 Å². The fourth-order valence-corrected chi connectivity index (χ4v) is 0.750. The molecule has 1 rings (SSSR count). The van der Waals surface area contributed by atoms with E-state index >= 15 is 0 Å². The number of hydrogen-bond acceptors (Lipinski definition) is 2. The van der Waals surface area contributed by atoms with Crippen molar-refractivity contribution in [2.24, 2.45) is 7.05 Å². The first-order chi connectivity index (χ1) is 5.20. The van der Waals surface area contributed by atoms with Gasteiger partial charge in [0.1, 0.15) is 0 Å². The first-order valence-electron chi connectivity index (χ1n) is 3.37. The van der Waals surface area contributed by atoms with E-state index in [4.69, 9.17) is 0 Å². The van der Waals surface area contributed by atoms with Gasteiger partial charge in [0.15, 0.2) is 5.78 Å². The van der Waals surface area contributed by atoms with Crippen molar-refractivity contribution in [2.75, 3.05) is 0 Å². The zero-order chi connectivity index (χ0) is 8.27. The molecule has 0 bridgehead atoms. The molecule has 0 unspecified atom stereocenters. The van der Waals surface area contributed by atoms with Crippen molar-refractivity contribution in [3.05, 3.63) is 24.0 Å². The molecule has 0 atom stereocenters.